The molecule has 0 aromatic heterocycles. The van der Waals surface area contributed by atoms with E-state index < -0.39 is 0 Å². The fourth-order valence-electron chi connectivity index (χ4n) is 3.05. The first-order chi connectivity index (χ1) is 9.19. The van der Waals surface area contributed by atoms with Gasteiger partial charge in [-0.15, -0.1) is 0 Å². The van der Waals surface area contributed by atoms with Gasteiger partial charge in [0.05, 0.1) is 0 Å². The maximum atomic E-state index is 3.25. The number of likely N-dealkylation sites (tertiary alicyclic amines) is 1. The summed E-state index contributed by atoms with van der Waals surface area (Å²) in [5, 5.41) is 3.25. The Bertz CT molecular complexity index is 391. The van der Waals surface area contributed by atoms with Crippen LogP contribution < -0.4 is 5.32 Å². The summed E-state index contributed by atoms with van der Waals surface area (Å²) in [6.07, 6.45) is 1.35. The average Bonchev–Trinajstić information content (AvgIpc) is 2.77. The second-order valence-corrected chi connectivity index (χ2v) is 5.91. The molecule has 1 fully saturated rings. The van der Waals surface area contributed by atoms with Crippen molar-refractivity contribution < 1.29 is 0 Å². The largest absolute Gasteiger partial charge is 0.316 e. The van der Waals surface area contributed by atoms with Crippen molar-refractivity contribution in [1.29, 1.82) is 0 Å². The molecule has 1 aliphatic rings. The van der Waals surface area contributed by atoms with Gasteiger partial charge in [-0.1, -0.05) is 24.3 Å². The predicted octanol–water partition coefficient (Wildman–Crippen LogP) is 1.79. The molecule has 1 aromatic rings. The topological polar surface area (TPSA) is 18.5 Å². The van der Waals surface area contributed by atoms with Gasteiger partial charge in [-0.05, 0) is 51.2 Å². The lowest BCUT2D eigenvalue weighted by Gasteiger charge is -2.22. The average molecular weight is 261 g/mol. The van der Waals surface area contributed by atoms with Crippen LogP contribution in [0.2, 0.25) is 0 Å². The number of benzene rings is 1. The molecule has 0 amide bonds. The fraction of sp³-hybridized carbons (Fsp3) is 0.625. The van der Waals surface area contributed by atoms with E-state index in [4.69, 9.17) is 0 Å². The number of nitrogens with one attached hydrogen (secondary N) is 1. The lowest BCUT2D eigenvalue weighted by atomic mass is 10.1. The van der Waals surface area contributed by atoms with Crippen LogP contribution in [0, 0.1) is 5.92 Å². The van der Waals surface area contributed by atoms with Gasteiger partial charge in [-0.3, -0.25) is 0 Å². The molecule has 1 atom stereocenters. The minimum Gasteiger partial charge on any atom is -0.316 e. The normalized spacial score (nSPS) is 20.3. The van der Waals surface area contributed by atoms with Crippen LogP contribution >= 0.6 is 0 Å². The molecule has 1 aliphatic heterocycles. The second kappa shape index (κ2) is 7.04. The van der Waals surface area contributed by atoms with E-state index in [-0.39, 0.29) is 0 Å². The molecular weight excluding hydrogens is 234 g/mol. The van der Waals surface area contributed by atoms with Gasteiger partial charge in [0.2, 0.25) is 0 Å². The summed E-state index contributed by atoms with van der Waals surface area (Å²) in [4.78, 5) is 4.91. The number of rotatable bonds is 6. The van der Waals surface area contributed by atoms with Gasteiger partial charge in [0.1, 0.15) is 0 Å². The quantitative estimate of drug-likeness (QED) is 0.842. The van der Waals surface area contributed by atoms with Gasteiger partial charge < -0.3 is 15.1 Å². The third-order valence-electron chi connectivity index (χ3n) is 3.98. The highest BCUT2D eigenvalue weighted by Crippen LogP contribution is 2.17. The predicted molar refractivity (Wildman–Crippen MR) is 81.1 cm³/mol. The third kappa shape index (κ3) is 4.30. The molecule has 3 heteroatoms. The molecule has 1 heterocycles. The smallest absolute Gasteiger partial charge is 0.0234 e. The molecular formula is C16H27N3. The van der Waals surface area contributed by atoms with Crippen LogP contribution in [0.1, 0.15) is 17.5 Å². The van der Waals surface area contributed by atoms with Crippen molar-refractivity contribution in [3.05, 3.63) is 35.4 Å². The summed E-state index contributed by atoms with van der Waals surface area (Å²) in [7, 11) is 6.48. The van der Waals surface area contributed by atoms with Gasteiger partial charge >= 0.3 is 0 Å². The van der Waals surface area contributed by atoms with Crippen molar-refractivity contribution in [2.24, 2.45) is 5.92 Å². The zero-order valence-corrected chi connectivity index (χ0v) is 12.5. The zero-order valence-electron chi connectivity index (χ0n) is 12.5. The third-order valence-corrected chi connectivity index (χ3v) is 3.98. The summed E-state index contributed by atoms with van der Waals surface area (Å²) >= 11 is 0. The fourth-order valence-corrected chi connectivity index (χ4v) is 3.05. The molecule has 0 radical (unpaired) electrons. The Morgan fingerprint density at radius 3 is 2.68 bits per heavy atom. The molecule has 0 spiro atoms. The Labute approximate surface area is 117 Å². The molecule has 1 N–H and O–H groups in total. The van der Waals surface area contributed by atoms with Crippen LogP contribution in [0.4, 0.5) is 0 Å². The molecule has 0 saturated carbocycles. The van der Waals surface area contributed by atoms with Crippen LogP contribution in [0.25, 0.3) is 0 Å². The van der Waals surface area contributed by atoms with Gasteiger partial charge in [-0.25, -0.2) is 0 Å². The molecule has 1 aromatic carbocycles. The number of nitrogens with zero attached hydrogens (tertiary/aromatic N) is 2. The van der Waals surface area contributed by atoms with E-state index in [1.165, 1.54) is 37.2 Å². The molecule has 106 valence electrons. The van der Waals surface area contributed by atoms with Crippen LogP contribution in [-0.2, 0) is 13.1 Å². The molecule has 0 aliphatic carbocycles. The van der Waals surface area contributed by atoms with Crippen LogP contribution in [0.15, 0.2) is 24.3 Å². The Balaban J connectivity index is 1.89. The highest BCUT2D eigenvalue weighted by molar-refractivity contribution is 5.26. The number of hydrogen-bond acceptors (Lipinski definition) is 3. The van der Waals surface area contributed by atoms with E-state index in [0.29, 0.717) is 0 Å². The van der Waals surface area contributed by atoms with E-state index >= 15 is 0 Å². The van der Waals surface area contributed by atoms with Gasteiger partial charge in [0, 0.05) is 26.2 Å². The first kappa shape index (κ1) is 14.5. The Morgan fingerprint density at radius 1 is 1.32 bits per heavy atom. The first-order valence-electron chi connectivity index (χ1n) is 7.27. The molecule has 3 nitrogen and oxygen atoms in total. The zero-order chi connectivity index (χ0) is 13.7. The maximum Gasteiger partial charge on any atom is 0.0234 e. The Kier molecular flexibility index (Phi) is 5.37. The van der Waals surface area contributed by atoms with Crippen molar-refractivity contribution in [3.63, 3.8) is 0 Å². The van der Waals surface area contributed by atoms with E-state index in [2.05, 4.69) is 53.5 Å². The van der Waals surface area contributed by atoms with Gasteiger partial charge in [0.25, 0.3) is 0 Å². The molecule has 1 unspecified atom stereocenters. The minimum atomic E-state index is 0.839. The summed E-state index contributed by atoms with van der Waals surface area (Å²) in [5.41, 5.74) is 2.87. The monoisotopic (exact) mass is 261 g/mol. The Morgan fingerprint density at radius 2 is 2.05 bits per heavy atom. The van der Waals surface area contributed by atoms with E-state index in [0.717, 1.165) is 19.0 Å². The molecule has 2 rings (SSSR count). The molecule has 19 heavy (non-hydrogen) atoms. The van der Waals surface area contributed by atoms with Crippen LogP contribution in [0.5, 0.6) is 0 Å². The van der Waals surface area contributed by atoms with E-state index in [1.807, 2.05) is 7.05 Å². The maximum absolute atomic E-state index is 3.25. The summed E-state index contributed by atoms with van der Waals surface area (Å²) in [6, 6.07) is 8.75. The highest BCUT2D eigenvalue weighted by Gasteiger charge is 2.20. The van der Waals surface area contributed by atoms with Crippen LogP contribution in [-0.4, -0.2) is 50.6 Å². The van der Waals surface area contributed by atoms with E-state index in [9.17, 15) is 0 Å². The highest BCUT2D eigenvalue weighted by atomic mass is 15.1. The molecule has 1 saturated heterocycles. The van der Waals surface area contributed by atoms with Crippen molar-refractivity contribution >= 4 is 0 Å². The summed E-state index contributed by atoms with van der Waals surface area (Å²) in [5.74, 6) is 0.839. The lowest BCUT2D eigenvalue weighted by Crippen LogP contribution is -2.27. The van der Waals surface area contributed by atoms with Crippen LogP contribution in [0.3, 0.4) is 0 Å². The van der Waals surface area contributed by atoms with E-state index in [1.54, 1.807) is 0 Å². The summed E-state index contributed by atoms with van der Waals surface area (Å²) < 4.78 is 0. The SMILES string of the molecule is CNCc1ccccc1CN(C)CC1CCN(C)C1. The lowest BCUT2D eigenvalue weighted by molar-refractivity contribution is 0.266. The van der Waals surface area contributed by atoms with Crippen molar-refractivity contribution in [1.82, 2.24) is 15.1 Å². The molecule has 0 bridgehead atoms. The van der Waals surface area contributed by atoms with Crippen molar-refractivity contribution in [2.45, 2.75) is 19.5 Å². The second-order valence-electron chi connectivity index (χ2n) is 5.91. The van der Waals surface area contributed by atoms with Gasteiger partial charge in [0.15, 0.2) is 0 Å². The van der Waals surface area contributed by atoms with Crippen molar-refractivity contribution in [3.8, 4) is 0 Å². The standard InChI is InChI=1S/C16H27N3/c1-17-10-15-6-4-5-7-16(15)13-19(3)12-14-8-9-18(2)11-14/h4-7,14,17H,8-13H2,1-3H3. The number of hydrogen-bond donors (Lipinski definition) is 1. The minimum absolute atomic E-state index is 0.839. The summed E-state index contributed by atoms with van der Waals surface area (Å²) in [6.45, 7) is 5.73. The first-order valence-corrected chi connectivity index (χ1v) is 7.27. The van der Waals surface area contributed by atoms with Gasteiger partial charge in [-0.2, -0.15) is 0 Å². The Hall–Kier alpha value is -0.900. The van der Waals surface area contributed by atoms with Crippen molar-refractivity contribution in [2.75, 3.05) is 40.8 Å².